The fourth-order valence-corrected chi connectivity index (χ4v) is 5.37. The number of rotatable bonds is 7. The number of hydrogen-bond acceptors (Lipinski definition) is 4. The largest absolute Gasteiger partial charge is 0.482 e. The summed E-state index contributed by atoms with van der Waals surface area (Å²) in [6.45, 7) is 2.79. The molecule has 1 aliphatic rings. The number of hydrogen-bond donors (Lipinski definition) is 1. The Bertz CT molecular complexity index is 1250. The number of fused-ring (bicyclic) bond motifs is 1. The Hall–Kier alpha value is -2.87. The van der Waals surface area contributed by atoms with Gasteiger partial charge in [0.15, 0.2) is 6.61 Å². The number of amides is 1. The molecule has 33 heavy (non-hydrogen) atoms. The maximum Gasteiger partial charge on any atom is 0.260 e. The van der Waals surface area contributed by atoms with Crippen molar-refractivity contribution in [2.75, 3.05) is 13.2 Å². The van der Waals surface area contributed by atoms with Crippen molar-refractivity contribution in [2.24, 2.45) is 0 Å². The van der Waals surface area contributed by atoms with E-state index in [1.807, 2.05) is 48.5 Å². The summed E-state index contributed by atoms with van der Waals surface area (Å²) in [7, 11) is -3.79. The fourth-order valence-electron chi connectivity index (χ4n) is 3.82. The van der Waals surface area contributed by atoms with Crippen LogP contribution in [0.2, 0.25) is 5.02 Å². The van der Waals surface area contributed by atoms with Crippen molar-refractivity contribution in [3.8, 4) is 5.75 Å². The van der Waals surface area contributed by atoms with E-state index in [-0.39, 0.29) is 28.2 Å². The maximum absolute atomic E-state index is 12.8. The Morgan fingerprint density at radius 3 is 2.48 bits per heavy atom. The number of ether oxygens (including phenoxy) is 1. The van der Waals surface area contributed by atoms with Crippen molar-refractivity contribution in [1.29, 1.82) is 0 Å². The van der Waals surface area contributed by atoms with E-state index in [4.69, 9.17) is 16.3 Å². The van der Waals surface area contributed by atoms with E-state index < -0.39 is 16.1 Å². The van der Waals surface area contributed by atoms with E-state index in [1.165, 1.54) is 23.8 Å². The molecular formula is C25H25ClN2O4S. The van der Waals surface area contributed by atoms with Gasteiger partial charge in [0.1, 0.15) is 5.75 Å². The van der Waals surface area contributed by atoms with Crippen molar-refractivity contribution in [3.05, 3.63) is 94.5 Å². The zero-order chi connectivity index (χ0) is 23.4. The normalized spacial score (nSPS) is 14.4. The van der Waals surface area contributed by atoms with E-state index >= 15 is 0 Å². The molecule has 0 unspecified atom stereocenters. The van der Waals surface area contributed by atoms with Crippen LogP contribution < -0.4 is 9.46 Å². The summed E-state index contributed by atoms with van der Waals surface area (Å²) in [5.74, 6) is 0.119. The molecular weight excluding hydrogens is 460 g/mol. The summed E-state index contributed by atoms with van der Waals surface area (Å²) in [6.07, 6.45) is 0.809. The first kappa shape index (κ1) is 23.3. The molecule has 1 heterocycles. The molecule has 3 aromatic carbocycles. The lowest BCUT2D eigenvalue weighted by molar-refractivity contribution is -0.134. The van der Waals surface area contributed by atoms with E-state index in [1.54, 1.807) is 11.8 Å². The second-order valence-electron chi connectivity index (χ2n) is 7.97. The average molecular weight is 485 g/mol. The number of halogens is 1. The Balaban J connectivity index is 1.38. The third kappa shape index (κ3) is 5.55. The second-order valence-corrected chi connectivity index (χ2v) is 10.1. The highest BCUT2D eigenvalue weighted by molar-refractivity contribution is 7.89. The van der Waals surface area contributed by atoms with Crippen molar-refractivity contribution in [1.82, 2.24) is 9.62 Å². The monoisotopic (exact) mass is 484 g/mol. The Morgan fingerprint density at radius 2 is 1.76 bits per heavy atom. The molecule has 4 rings (SSSR count). The molecule has 0 bridgehead atoms. The molecule has 1 N–H and O–H groups in total. The lowest BCUT2D eigenvalue weighted by Gasteiger charge is -2.28. The minimum atomic E-state index is -3.79. The maximum atomic E-state index is 12.8. The highest BCUT2D eigenvalue weighted by Gasteiger charge is 2.22. The summed E-state index contributed by atoms with van der Waals surface area (Å²) >= 11 is 6.28. The molecule has 0 aliphatic carbocycles. The number of benzene rings is 3. The molecule has 1 atom stereocenters. The van der Waals surface area contributed by atoms with Crippen molar-refractivity contribution in [2.45, 2.75) is 30.8 Å². The predicted octanol–water partition coefficient (Wildman–Crippen LogP) is 4.34. The first-order valence-corrected chi connectivity index (χ1v) is 12.5. The summed E-state index contributed by atoms with van der Waals surface area (Å²) in [6, 6.07) is 21.2. The van der Waals surface area contributed by atoms with Gasteiger partial charge in [0, 0.05) is 19.1 Å². The van der Waals surface area contributed by atoms with E-state index in [0.717, 1.165) is 17.5 Å². The van der Waals surface area contributed by atoms with Crippen molar-refractivity contribution in [3.63, 3.8) is 0 Å². The molecule has 0 radical (unpaired) electrons. The molecule has 3 aromatic rings. The third-order valence-electron chi connectivity index (χ3n) is 5.68. The first-order valence-electron chi connectivity index (χ1n) is 10.7. The molecule has 8 heteroatoms. The van der Waals surface area contributed by atoms with Crippen LogP contribution in [-0.4, -0.2) is 32.4 Å². The Labute approximate surface area is 199 Å². The predicted molar refractivity (Wildman–Crippen MR) is 128 cm³/mol. The van der Waals surface area contributed by atoms with E-state index in [9.17, 15) is 13.2 Å². The van der Waals surface area contributed by atoms with Crippen molar-refractivity contribution < 1.29 is 17.9 Å². The van der Waals surface area contributed by atoms with Gasteiger partial charge < -0.3 is 9.64 Å². The summed E-state index contributed by atoms with van der Waals surface area (Å²) < 4.78 is 33.8. The quantitative estimate of drug-likeness (QED) is 0.541. The van der Waals surface area contributed by atoms with Gasteiger partial charge in [0.25, 0.3) is 5.91 Å². The molecule has 0 saturated carbocycles. The van der Waals surface area contributed by atoms with Gasteiger partial charge in [-0.15, -0.1) is 0 Å². The summed E-state index contributed by atoms with van der Waals surface area (Å²) in [5.41, 5.74) is 3.26. The molecule has 0 spiro atoms. The van der Waals surface area contributed by atoms with Crippen LogP contribution in [-0.2, 0) is 27.8 Å². The molecule has 1 aliphatic heterocycles. The van der Waals surface area contributed by atoms with E-state index in [2.05, 4.69) is 10.8 Å². The zero-order valence-electron chi connectivity index (χ0n) is 18.2. The zero-order valence-corrected chi connectivity index (χ0v) is 19.8. The van der Waals surface area contributed by atoms with Gasteiger partial charge in [0.05, 0.1) is 9.92 Å². The van der Waals surface area contributed by atoms with E-state index in [0.29, 0.717) is 13.1 Å². The molecule has 172 valence electrons. The minimum Gasteiger partial charge on any atom is -0.482 e. The van der Waals surface area contributed by atoms with Crippen LogP contribution in [0.1, 0.15) is 29.7 Å². The number of nitrogens with zero attached hydrogens (tertiary/aromatic N) is 1. The fraction of sp³-hybridized carbons (Fsp3) is 0.240. The van der Waals surface area contributed by atoms with Gasteiger partial charge in [-0.1, -0.05) is 66.2 Å². The minimum absolute atomic E-state index is 0.0293. The number of carbonyl (C=O) groups is 1. The van der Waals surface area contributed by atoms with Crippen molar-refractivity contribution >= 4 is 27.5 Å². The highest BCUT2D eigenvalue weighted by Crippen LogP contribution is 2.28. The molecule has 6 nitrogen and oxygen atoms in total. The Kier molecular flexibility index (Phi) is 7.02. The smallest absolute Gasteiger partial charge is 0.260 e. The number of carbonyl (C=O) groups excluding carboxylic acids is 1. The topological polar surface area (TPSA) is 75.7 Å². The van der Waals surface area contributed by atoms with Gasteiger partial charge >= 0.3 is 0 Å². The number of sulfonamides is 1. The average Bonchev–Trinajstić information content (AvgIpc) is 2.83. The highest BCUT2D eigenvalue weighted by atomic mass is 35.5. The summed E-state index contributed by atoms with van der Waals surface area (Å²) in [5, 5.41) is 0.127. The Morgan fingerprint density at radius 1 is 1.06 bits per heavy atom. The van der Waals surface area contributed by atoms with Crippen LogP contribution in [0.3, 0.4) is 0 Å². The second kappa shape index (κ2) is 9.95. The lowest BCUT2D eigenvalue weighted by atomic mass is 10.00. The van der Waals surface area contributed by atoms with Crippen LogP contribution in [0.25, 0.3) is 0 Å². The standard InChI is InChI=1S/C25H25ClN2O4S/c1-18(19-7-3-2-4-8-19)27-33(30,31)22-11-12-24(23(26)15-22)32-17-25(29)28-14-13-20-9-5-6-10-21(20)16-28/h2-12,15,18,27H,13-14,16-17H2,1H3/t18-/m1/s1. The van der Waals surface area contributed by atoms with Gasteiger partial charge in [-0.2, -0.15) is 0 Å². The lowest BCUT2D eigenvalue weighted by Crippen LogP contribution is -2.38. The van der Waals surface area contributed by atoms with Gasteiger partial charge in [-0.25, -0.2) is 13.1 Å². The molecule has 1 amide bonds. The van der Waals surface area contributed by atoms with Crippen LogP contribution in [0.4, 0.5) is 0 Å². The van der Waals surface area contributed by atoms with Crippen LogP contribution in [0, 0.1) is 0 Å². The number of nitrogens with one attached hydrogen (secondary N) is 1. The molecule has 0 fully saturated rings. The SMILES string of the molecule is C[C@@H](NS(=O)(=O)c1ccc(OCC(=O)N2CCc3ccccc3C2)c(Cl)c1)c1ccccc1. The van der Waals surface area contributed by atoms with Crippen LogP contribution in [0.15, 0.2) is 77.7 Å². The van der Waals surface area contributed by atoms with Crippen LogP contribution >= 0.6 is 11.6 Å². The van der Waals surface area contributed by atoms with Gasteiger partial charge in [-0.05, 0) is 48.2 Å². The molecule has 0 aromatic heterocycles. The third-order valence-corrected chi connectivity index (χ3v) is 7.51. The molecule has 0 saturated heterocycles. The van der Waals surface area contributed by atoms with Gasteiger partial charge in [0.2, 0.25) is 10.0 Å². The van der Waals surface area contributed by atoms with Crippen LogP contribution in [0.5, 0.6) is 5.75 Å². The summed E-state index contributed by atoms with van der Waals surface area (Å²) in [4.78, 5) is 14.4. The first-order chi connectivity index (χ1) is 15.8. The van der Waals surface area contributed by atoms with Gasteiger partial charge in [-0.3, -0.25) is 4.79 Å².